The lowest BCUT2D eigenvalue weighted by molar-refractivity contribution is 0.0633. The summed E-state index contributed by atoms with van der Waals surface area (Å²) in [5.41, 5.74) is 1.90. The molecule has 172 valence electrons. The van der Waals surface area contributed by atoms with Crippen LogP contribution in [0.4, 0.5) is 0 Å². The SMILES string of the molecule is O=C(c1cc(COc2ccc3c(c2)OCO3)cs1)N1CCN(Cc2c(Cl)cccc2Cl)CC1. The molecule has 2 aliphatic heterocycles. The van der Waals surface area contributed by atoms with E-state index in [1.165, 1.54) is 11.3 Å². The third kappa shape index (κ3) is 5.06. The molecular formula is C24H22Cl2N2O4S. The highest BCUT2D eigenvalue weighted by atomic mass is 35.5. The Kier molecular flexibility index (Phi) is 6.64. The maximum atomic E-state index is 13.0. The summed E-state index contributed by atoms with van der Waals surface area (Å²) in [5.74, 6) is 2.17. The molecule has 0 spiro atoms. The zero-order chi connectivity index (χ0) is 22.8. The minimum atomic E-state index is 0.0600. The molecule has 2 aliphatic rings. The molecule has 0 N–H and O–H groups in total. The lowest BCUT2D eigenvalue weighted by Gasteiger charge is -2.34. The first kappa shape index (κ1) is 22.3. The van der Waals surface area contributed by atoms with Gasteiger partial charge in [0.2, 0.25) is 6.79 Å². The summed E-state index contributed by atoms with van der Waals surface area (Å²) in [5, 5.41) is 3.32. The van der Waals surface area contributed by atoms with Crippen LogP contribution in [0.15, 0.2) is 47.8 Å². The van der Waals surface area contributed by atoms with Crippen LogP contribution in [0.3, 0.4) is 0 Å². The smallest absolute Gasteiger partial charge is 0.264 e. The number of fused-ring (bicyclic) bond motifs is 1. The first-order valence-corrected chi connectivity index (χ1v) is 12.2. The number of carbonyl (C=O) groups is 1. The highest BCUT2D eigenvalue weighted by Crippen LogP contribution is 2.35. The molecule has 33 heavy (non-hydrogen) atoms. The van der Waals surface area contributed by atoms with E-state index in [-0.39, 0.29) is 12.7 Å². The average molecular weight is 505 g/mol. The first-order chi connectivity index (χ1) is 16.1. The molecule has 9 heteroatoms. The molecule has 0 bridgehead atoms. The number of thiophene rings is 1. The van der Waals surface area contributed by atoms with E-state index in [1.807, 2.05) is 52.7 Å². The molecular weight excluding hydrogens is 483 g/mol. The Hall–Kier alpha value is -2.45. The van der Waals surface area contributed by atoms with Crippen LogP contribution in [-0.4, -0.2) is 48.7 Å². The molecule has 5 rings (SSSR count). The maximum Gasteiger partial charge on any atom is 0.264 e. The Bertz CT molecular complexity index is 1140. The van der Waals surface area contributed by atoms with E-state index in [0.717, 1.165) is 34.8 Å². The van der Waals surface area contributed by atoms with Crippen molar-refractivity contribution in [1.82, 2.24) is 9.80 Å². The predicted molar refractivity (Wildman–Crippen MR) is 129 cm³/mol. The molecule has 1 fully saturated rings. The van der Waals surface area contributed by atoms with Gasteiger partial charge in [-0.15, -0.1) is 11.3 Å². The first-order valence-electron chi connectivity index (χ1n) is 10.6. The average Bonchev–Trinajstić information content (AvgIpc) is 3.49. The van der Waals surface area contributed by atoms with Gasteiger partial charge in [-0.1, -0.05) is 29.3 Å². The van der Waals surface area contributed by atoms with Crippen molar-refractivity contribution in [3.8, 4) is 17.2 Å². The van der Waals surface area contributed by atoms with E-state index in [9.17, 15) is 4.79 Å². The number of hydrogen-bond acceptors (Lipinski definition) is 6. The highest BCUT2D eigenvalue weighted by molar-refractivity contribution is 7.12. The van der Waals surface area contributed by atoms with E-state index in [0.29, 0.717) is 47.8 Å². The molecule has 0 unspecified atom stereocenters. The van der Waals surface area contributed by atoms with Crippen molar-refractivity contribution in [2.45, 2.75) is 13.2 Å². The van der Waals surface area contributed by atoms with Crippen LogP contribution in [0.2, 0.25) is 10.0 Å². The second-order valence-electron chi connectivity index (χ2n) is 7.89. The lowest BCUT2D eigenvalue weighted by Crippen LogP contribution is -2.48. The molecule has 1 aromatic heterocycles. The number of ether oxygens (including phenoxy) is 3. The summed E-state index contributed by atoms with van der Waals surface area (Å²) in [6, 6.07) is 13.0. The molecule has 0 saturated carbocycles. The summed E-state index contributed by atoms with van der Waals surface area (Å²) < 4.78 is 16.6. The van der Waals surface area contributed by atoms with Crippen LogP contribution in [0.5, 0.6) is 17.2 Å². The molecule has 0 atom stereocenters. The second kappa shape index (κ2) is 9.81. The fourth-order valence-corrected chi connectivity index (χ4v) is 5.25. The van der Waals surface area contributed by atoms with Crippen molar-refractivity contribution >= 4 is 40.4 Å². The standard InChI is InChI=1S/C24H22Cl2N2O4S/c25-19-2-1-3-20(26)18(19)12-27-6-8-28(9-7-27)24(29)23-10-16(14-33-23)13-30-17-4-5-21-22(11-17)32-15-31-21/h1-5,10-11,14H,6-9,12-13,15H2. The number of nitrogens with zero attached hydrogens (tertiary/aromatic N) is 2. The van der Waals surface area contributed by atoms with Crippen molar-refractivity contribution in [1.29, 1.82) is 0 Å². The fourth-order valence-electron chi connectivity index (χ4n) is 3.87. The monoisotopic (exact) mass is 504 g/mol. The van der Waals surface area contributed by atoms with Crippen LogP contribution in [0.25, 0.3) is 0 Å². The van der Waals surface area contributed by atoms with Gasteiger partial charge >= 0.3 is 0 Å². The minimum Gasteiger partial charge on any atom is -0.489 e. The molecule has 1 saturated heterocycles. The molecule has 3 aromatic rings. The summed E-state index contributed by atoms with van der Waals surface area (Å²) in [6.07, 6.45) is 0. The summed E-state index contributed by atoms with van der Waals surface area (Å²) in [6.45, 7) is 4.19. The van der Waals surface area contributed by atoms with E-state index in [1.54, 1.807) is 0 Å². The molecule has 0 aliphatic carbocycles. The van der Waals surface area contributed by atoms with Crippen molar-refractivity contribution in [3.05, 3.63) is 73.9 Å². The predicted octanol–water partition coefficient (Wildman–Crippen LogP) is 5.32. The summed E-state index contributed by atoms with van der Waals surface area (Å²) >= 11 is 14.1. The van der Waals surface area contributed by atoms with Gasteiger partial charge in [-0.25, -0.2) is 0 Å². The molecule has 0 radical (unpaired) electrons. The summed E-state index contributed by atoms with van der Waals surface area (Å²) in [4.78, 5) is 17.9. The van der Waals surface area contributed by atoms with Crippen LogP contribution >= 0.6 is 34.5 Å². The Morgan fingerprint density at radius 1 is 1.00 bits per heavy atom. The van der Waals surface area contributed by atoms with Gasteiger partial charge in [-0.3, -0.25) is 9.69 Å². The largest absolute Gasteiger partial charge is 0.489 e. The van der Waals surface area contributed by atoms with Crippen LogP contribution in [-0.2, 0) is 13.2 Å². The Labute approximate surface area is 206 Å². The van der Waals surface area contributed by atoms with Gasteiger partial charge < -0.3 is 19.1 Å². The van der Waals surface area contributed by atoms with Gasteiger partial charge in [0.15, 0.2) is 11.5 Å². The second-order valence-corrected chi connectivity index (χ2v) is 9.62. The van der Waals surface area contributed by atoms with E-state index >= 15 is 0 Å². The van der Waals surface area contributed by atoms with Crippen molar-refractivity contribution in [3.63, 3.8) is 0 Å². The van der Waals surface area contributed by atoms with E-state index < -0.39 is 0 Å². The zero-order valence-corrected chi connectivity index (χ0v) is 20.1. The van der Waals surface area contributed by atoms with E-state index in [2.05, 4.69) is 4.90 Å². The minimum absolute atomic E-state index is 0.0600. The fraction of sp³-hybridized carbons (Fsp3) is 0.292. The van der Waals surface area contributed by atoms with Crippen molar-refractivity contribution in [2.24, 2.45) is 0 Å². The number of carbonyl (C=O) groups excluding carboxylic acids is 1. The quantitative estimate of drug-likeness (QED) is 0.454. The Morgan fingerprint density at radius 3 is 2.55 bits per heavy atom. The summed E-state index contributed by atoms with van der Waals surface area (Å²) in [7, 11) is 0. The van der Waals surface area contributed by atoms with Gasteiger partial charge in [0, 0.05) is 60.0 Å². The van der Waals surface area contributed by atoms with Crippen LogP contribution in [0.1, 0.15) is 20.8 Å². The van der Waals surface area contributed by atoms with Crippen LogP contribution < -0.4 is 14.2 Å². The van der Waals surface area contributed by atoms with Crippen LogP contribution in [0, 0.1) is 0 Å². The van der Waals surface area contributed by atoms with Gasteiger partial charge in [0.05, 0.1) is 4.88 Å². The Balaban J connectivity index is 1.13. The topological polar surface area (TPSA) is 51.2 Å². The van der Waals surface area contributed by atoms with Gasteiger partial charge in [-0.2, -0.15) is 0 Å². The molecule has 1 amide bonds. The maximum absolute atomic E-state index is 13.0. The van der Waals surface area contributed by atoms with Gasteiger partial charge in [-0.05, 0) is 35.7 Å². The lowest BCUT2D eigenvalue weighted by atomic mass is 10.2. The number of amides is 1. The highest BCUT2D eigenvalue weighted by Gasteiger charge is 2.24. The third-order valence-electron chi connectivity index (χ3n) is 5.72. The van der Waals surface area contributed by atoms with Gasteiger partial charge in [0.25, 0.3) is 5.91 Å². The van der Waals surface area contributed by atoms with E-state index in [4.69, 9.17) is 37.4 Å². The zero-order valence-electron chi connectivity index (χ0n) is 17.8. The molecule has 2 aromatic carbocycles. The number of rotatable bonds is 6. The van der Waals surface area contributed by atoms with Crippen molar-refractivity contribution in [2.75, 3.05) is 33.0 Å². The van der Waals surface area contributed by atoms with Gasteiger partial charge in [0.1, 0.15) is 12.4 Å². The van der Waals surface area contributed by atoms with Crippen molar-refractivity contribution < 1.29 is 19.0 Å². The normalized spacial score (nSPS) is 15.6. The molecule has 6 nitrogen and oxygen atoms in total. The number of hydrogen-bond donors (Lipinski definition) is 0. The number of piperazine rings is 1. The number of halogens is 2. The number of benzene rings is 2. The Morgan fingerprint density at radius 2 is 1.76 bits per heavy atom. The third-order valence-corrected chi connectivity index (χ3v) is 7.39. The molecule has 3 heterocycles.